The Balaban J connectivity index is 1.00. The zero-order valence-corrected chi connectivity index (χ0v) is 36.5. The van der Waals surface area contributed by atoms with E-state index in [-0.39, 0.29) is 0 Å². The summed E-state index contributed by atoms with van der Waals surface area (Å²) in [6, 6.07) is 79.3. The molecule has 1 aliphatic carbocycles. The van der Waals surface area contributed by atoms with Crippen LogP contribution in [0.15, 0.2) is 231 Å². The van der Waals surface area contributed by atoms with Crippen molar-refractivity contribution in [2.45, 2.75) is 5.41 Å². The van der Waals surface area contributed by atoms with E-state index in [4.69, 9.17) is 34.6 Å². The smallest absolute Gasteiger partial charge is 0.164 e. The van der Waals surface area contributed by atoms with Crippen LogP contribution < -0.4 is 4.74 Å². The highest BCUT2D eigenvalue weighted by molar-refractivity contribution is 5.95. The molecule has 0 atom stereocenters. The van der Waals surface area contributed by atoms with E-state index >= 15 is 0 Å². The minimum atomic E-state index is -0.775. The van der Waals surface area contributed by atoms with Crippen molar-refractivity contribution in [3.63, 3.8) is 0 Å². The van der Waals surface area contributed by atoms with Gasteiger partial charge < -0.3 is 4.74 Å². The van der Waals surface area contributed by atoms with E-state index in [9.17, 15) is 0 Å². The highest BCUT2D eigenvalue weighted by Gasteiger charge is 2.52. The Morgan fingerprint density at radius 3 is 1.06 bits per heavy atom. The Morgan fingerprint density at radius 1 is 0.250 bits per heavy atom. The van der Waals surface area contributed by atoms with E-state index < -0.39 is 5.41 Å². The normalized spacial score (nSPS) is 12.6. The molecule has 7 heteroatoms. The molecule has 0 N–H and O–H groups in total. The second-order valence-electron chi connectivity index (χ2n) is 17.0. The largest absolute Gasteiger partial charge is 0.457 e. The van der Waals surface area contributed by atoms with Crippen LogP contribution in [0.5, 0.6) is 11.5 Å². The summed E-state index contributed by atoms with van der Waals surface area (Å²) in [7, 11) is 0. The standard InChI is InChI=1S/C61H38N6O/c1-5-18-40(19-6-1)55-62-56(41-20-7-2-8-21-41)65-59(64-55)44-34-32-39(33-35-44)46-26-17-27-48-47-37-36-45(60-66-57(42-22-9-3-10-23-42)63-58(67-60)43-24-11-4-12-25-43)38-51(47)61(54(46)48)49-28-13-15-30-52(49)68-53-31-16-14-29-50(53)61/h1-38H. The van der Waals surface area contributed by atoms with Crippen molar-refractivity contribution in [3.8, 4) is 102 Å². The molecular weight excluding hydrogens is 833 g/mol. The number of hydrogen-bond acceptors (Lipinski definition) is 7. The summed E-state index contributed by atoms with van der Waals surface area (Å²) in [6.07, 6.45) is 0. The first kappa shape index (κ1) is 39.2. The third-order valence-electron chi connectivity index (χ3n) is 13.1. The number of aromatic nitrogens is 6. The van der Waals surface area contributed by atoms with Gasteiger partial charge in [0.1, 0.15) is 11.5 Å². The highest BCUT2D eigenvalue weighted by Crippen LogP contribution is 2.64. The van der Waals surface area contributed by atoms with Gasteiger partial charge in [0.05, 0.1) is 5.41 Å². The van der Waals surface area contributed by atoms with Crippen LogP contribution in [0.3, 0.4) is 0 Å². The first-order chi connectivity index (χ1) is 33.7. The summed E-state index contributed by atoms with van der Waals surface area (Å²) >= 11 is 0. The lowest BCUT2D eigenvalue weighted by Gasteiger charge is -2.40. The summed E-state index contributed by atoms with van der Waals surface area (Å²) in [5, 5.41) is 0. The number of para-hydroxylation sites is 2. The molecule has 0 amide bonds. The van der Waals surface area contributed by atoms with E-state index in [1.165, 1.54) is 5.56 Å². The lowest BCUT2D eigenvalue weighted by Crippen LogP contribution is -2.32. The molecule has 7 nitrogen and oxygen atoms in total. The van der Waals surface area contributed by atoms with Crippen molar-refractivity contribution < 1.29 is 4.74 Å². The van der Waals surface area contributed by atoms with Gasteiger partial charge in [-0.25, -0.2) is 29.9 Å². The van der Waals surface area contributed by atoms with Crippen molar-refractivity contribution >= 4 is 0 Å². The van der Waals surface area contributed by atoms with Gasteiger partial charge in [-0.1, -0.05) is 212 Å². The van der Waals surface area contributed by atoms with Crippen molar-refractivity contribution in [1.82, 2.24) is 29.9 Å². The Hall–Kier alpha value is -9.20. The Morgan fingerprint density at radius 2 is 0.603 bits per heavy atom. The Bertz CT molecular complexity index is 3530. The molecule has 0 saturated carbocycles. The minimum absolute atomic E-state index is 0.597. The molecule has 0 saturated heterocycles. The van der Waals surface area contributed by atoms with Gasteiger partial charge in [0.2, 0.25) is 0 Å². The van der Waals surface area contributed by atoms with Crippen LogP contribution >= 0.6 is 0 Å². The summed E-state index contributed by atoms with van der Waals surface area (Å²) in [6.45, 7) is 0. The van der Waals surface area contributed by atoms with E-state index in [1.54, 1.807) is 0 Å². The maximum Gasteiger partial charge on any atom is 0.164 e. The molecular formula is C61H38N6O. The number of ether oxygens (including phenoxy) is 1. The predicted octanol–water partition coefficient (Wildman–Crippen LogP) is 14.2. The van der Waals surface area contributed by atoms with Gasteiger partial charge in [-0.15, -0.1) is 0 Å². The van der Waals surface area contributed by atoms with Crippen LogP contribution in [0.25, 0.3) is 90.6 Å². The Labute approximate surface area is 393 Å². The van der Waals surface area contributed by atoms with Crippen LogP contribution in [-0.2, 0) is 5.41 Å². The van der Waals surface area contributed by atoms with Crippen LogP contribution in [0.1, 0.15) is 22.3 Å². The van der Waals surface area contributed by atoms with Crippen LogP contribution in [-0.4, -0.2) is 29.9 Å². The molecule has 2 aromatic heterocycles. The molecule has 1 spiro atoms. The van der Waals surface area contributed by atoms with Gasteiger partial charge >= 0.3 is 0 Å². The Kier molecular flexibility index (Phi) is 9.25. The van der Waals surface area contributed by atoms with E-state index in [0.717, 1.165) is 83.8 Å². The van der Waals surface area contributed by atoms with E-state index in [2.05, 4.69) is 97.1 Å². The van der Waals surface area contributed by atoms with Crippen LogP contribution in [0.2, 0.25) is 0 Å². The molecule has 11 aromatic rings. The van der Waals surface area contributed by atoms with Crippen molar-refractivity contribution in [3.05, 3.63) is 253 Å². The average Bonchev–Trinajstić information content (AvgIpc) is 3.71. The maximum atomic E-state index is 6.78. The monoisotopic (exact) mass is 870 g/mol. The summed E-state index contributed by atoms with van der Waals surface area (Å²) in [5.74, 6) is 5.32. The average molecular weight is 871 g/mol. The third-order valence-corrected chi connectivity index (χ3v) is 13.1. The van der Waals surface area contributed by atoms with Gasteiger partial charge in [0.15, 0.2) is 34.9 Å². The first-order valence-corrected chi connectivity index (χ1v) is 22.7. The molecule has 9 aromatic carbocycles. The quantitative estimate of drug-likeness (QED) is 0.158. The molecule has 0 bridgehead atoms. The number of fused-ring (bicyclic) bond motifs is 9. The number of benzene rings is 9. The van der Waals surface area contributed by atoms with Gasteiger partial charge in [-0.3, -0.25) is 0 Å². The molecule has 3 heterocycles. The van der Waals surface area contributed by atoms with Gasteiger partial charge in [-0.2, -0.15) is 0 Å². The van der Waals surface area contributed by atoms with Crippen LogP contribution in [0.4, 0.5) is 0 Å². The molecule has 318 valence electrons. The minimum Gasteiger partial charge on any atom is -0.457 e. The highest BCUT2D eigenvalue weighted by atomic mass is 16.5. The molecule has 68 heavy (non-hydrogen) atoms. The number of hydrogen-bond donors (Lipinski definition) is 0. The zero-order valence-electron chi connectivity index (χ0n) is 36.5. The third kappa shape index (κ3) is 6.43. The maximum absolute atomic E-state index is 6.78. The molecule has 0 radical (unpaired) electrons. The van der Waals surface area contributed by atoms with Crippen molar-refractivity contribution in [1.29, 1.82) is 0 Å². The SMILES string of the molecule is c1ccc(-c2nc(-c3ccccc3)nc(-c3ccc(-c4cccc5c4C4(c6ccccc6Oc6ccccc64)c4cc(-c6nc(-c7ccccc7)nc(-c7ccccc7)n6)ccc4-5)cc3)n2)cc1. The first-order valence-electron chi connectivity index (χ1n) is 22.7. The van der Waals surface area contributed by atoms with Gasteiger partial charge in [0, 0.05) is 44.5 Å². The fourth-order valence-corrected chi connectivity index (χ4v) is 10.0. The molecule has 1 aliphatic heterocycles. The van der Waals surface area contributed by atoms with Crippen LogP contribution in [0, 0.1) is 0 Å². The second kappa shape index (κ2) is 16.0. The van der Waals surface area contributed by atoms with Crippen molar-refractivity contribution in [2.24, 2.45) is 0 Å². The topological polar surface area (TPSA) is 86.6 Å². The van der Waals surface area contributed by atoms with Crippen molar-refractivity contribution in [2.75, 3.05) is 0 Å². The number of rotatable bonds is 7. The zero-order chi connectivity index (χ0) is 45.0. The fourth-order valence-electron chi connectivity index (χ4n) is 10.0. The van der Waals surface area contributed by atoms with Gasteiger partial charge in [-0.05, 0) is 51.6 Å². The molecule has 13 rings (SSSR count). The fraction of sp³-hybridized carbons (Fsp3) is 0.0164. The molecule has 0 unspecified atom stereocenters. The summed E-state index contributed by atoms with van der Waals surface area (Å²) in [4.78, 5) is 30.4. The van der Waals surface area contributed by atoms with E-state index in [1.807, 2.05) is 133 Å². The lowest BCUT2D eigenvalue weighted by atomic mass is 9.64. The number of nitrogens with zero attached hydrogens (tertiary/aromatic N) is 6. The molecule has 2 aliphatic rings. The predicted molar refractivity (Wildman–Crippen MR) is 269 cm³/mol. The lowest BCUT2D eigenvalue weighted by molar-refractivity contribution is 0.436. The second-order valence-corrected chi connectivity index (χ2v) is 17.0. The molecule has 0 fully saturated rings. The summed E-state index contributed by atoms with van der Waals surface area (Å²) in [5.41, 5.74) is 13.6. The summed E-state index contributed by atoms with van der Waals surface area (Å²) < 4.78 is 6.78. The van der Waals surface area contributed by atoms with Gasteiger partial charge in [0.25, 0.3) is 0 Å². The van der Waals surface area contributed by atoms with E-state index in [0.29, 0.717) is 34.9 Å².